The molecule has 0 spiro atoms. The van der Waals surface area contributed by atoms with E-state index in [-0.39, 0.29) is 43.3 Å². The van der Waals surface area contributed by atoms with E-state index in [0.717, 1.165) is 71.2 Å². The van der Waals surface area contributed by atoms with Crippen LogP contribution in [-0.2, 0) is 44.9 Å². The molecule has 4 saturated heterocycles. The standard InChI is InChI=1S/C35H47IN4O9/c1-5-18-45-35(44)32-26(23(3)31-30(33(42)38(31)32)24(4)34(43)49-47-19-6-2)22-46-28-10-9-25(20-27(28)36)8-7-11-39-12-15-40(16-13-39,17-14-39)21-29(41)48-37/h5-6,9-10,20,23-24,30-31H,1-2,7-8,11-19,21-22,37H2,3-4H3/q+2/t23-,24?,30?,31?,39?,40?/m0/s1. The molecule has 0 aromatic heterocycles. The number of aryl methyl sites for hydroxylation is 1. The molecule has 6 rings (SSSR count). The molecule has 1 amide bonds. The number of piperazine rings is 3. The van der Waals surface area contributed by atoms with Crippen LogP contribution in [0.15, 0.2) is 54.8 Å². The van der Waals surface area contributed by atoms with Gasteiger partial charge in [-0.05, 0) is 46.7 Å². The second-order valence-electron chi connectivity index (χ2n) is 13.6. The third kappa shape index (κ3) is 7.72. The summed E-state index contributed by atoms with van der Waals surface area (Å²) in [5, 5.41) is 0. The van der Waals surface area contributed by atoms with Gasteiger partial charge in [-0.1, -0.05) is 38.6 Å². The topological polar surface area (TPSA) is 144 Å². The van der Waals surface area contributed by atoms with E-state index in [0.29, 0.717) is 17.9 Å². The predicted octanol–water partition coefficient (Wildman–Crippen LogP) is 2.44. The monoisotopic (exact) mass is 794 g/mol. The summed E-state index contributed by atoms with van der Waals surface area (Å²) in [7, 11) is 0. The molecule has 0 radical (unpaired) electrons. The number of rotatable bonds is 17. The Balaban J connectivity index is 1.20. The van der Waals surface area contributed by atoms with Crippen molar-refractivity contribution in [1.82, 2.24) is 4.90 Å². The maximum atomic E-state index is 13.4. The van der Waals surface area contributed by atoms with Crippen molar-refractivity contribution in [3.05, 3.63) is 63.9 Å². The van der Waals surface area contributed by atoms with Gasteiger partial charge in [0.05, 0.1) is 28.0 Å². The highest BCUT2D eigenvalue weighted by Crippen LogP contribution is 2.49. The number of nitrogens with zero attached hydrogens (tertiary/aromatic N) is 3. The Hall–Kier alpha value is -3.31. The maximum Gasteiger partial charge on any atom is 0.380 e. The van der Waals surface area contributed by atoms with Crippen LogP contribution in [0.4, 0.5) is 0 Å². The minimum absolute atomic E-state index is 0.00502. The number of nitrogens with two attached hydrogens (primary N) is 1. The van der Waals surface area contributed by atoms with Crippen molar-refractivity contribution in [1.29, 1.82) is 0 Å². The van der Waals surface area contributed by atoms with Gasteiger partial charge in [0.2, 0.25) is 5.91 Å². The van der Waals surface area contributed by atoms with Crippen LogP contribution in [0.25, 0.3) is 0 Å². The highest BCUT2D eigenvalue weighted by atomic mass is 127. The van der Waals surface area contributed by atoms with E-state index in [1.165, 1.54) is 22.6 Å². The van der Waals surface area contributed by atoms with Crippen molar-refractivity contribution in [2.24, 2.45) is 23.7 Å². The molecule has 1 aromatic carbocycles. The van der Waals surface area contributed by atoms with E-state index in [4.69, 9.17) is 25.1 Å². The quantitative estimate of drug-likeness (QED) is 0.0365. The number of ether oxygens (including phenoxy) is 2. The normalized spacial score (nSPS) is 27.6. The Kier molecular flexibility index (Phi) is 11.8. The lowest BCUT2D eigenvalue weighted by molar-refractivity contribution is -1.08. The van der Waals surface area contributed by atoms with Crippen LogP contribution in [0.5, 0.6) is 5.75 Å². The second-order valence-corrected chi connectivity index (χ2v) is 14.8. The minimum atomic E-state index is -0.787. The molecule has 14 heteroatoms. The lowest BCUT2D eigenvalue weighted by atomic mass is 9.74. The maximum absolute atomic E-state index is 13.4. The first-order valence-corrected chi connectivity index (χ1v) is 17.9. The van der Waals surface area contributed by atoms with E-state index >= 15 is 0 Å². The van der Waals surface area contributed by atoms with E-state index in [1.54, 1.807) is 6.92 Å². The van der Waals surface area contributed by atoms with Crippen LogP contribution in [0.3, 0.4) is 0 Å². The number of β-lactam (4-membered cyclic amide) rings is 1. The molecule has 5 heterocycles. The average Bonchev–Trinajstić information content (AvgIpc) is 3.35. The first-order valence-electron chi connectivity index (χ1n) is 16.8. The Labute approximate surface area is 300 Å². The second kappa shape index (κ2) is 15.7. The van der Waals surface area contributed by atoms with Crippen LogP contribution in [0, 0.1) is 21.3 Å². The molecule has 13 nitrogen and oxygen atoms in total. The Bertz CT molecular complexity index is 1490. The zero-order chi connectivity index (χ0) is 35.3. The third-order valence-corrected chi connectivity index (χ3v) is 11.6. The van der Waals surface area contributed by atoms with Crippen molar-refractivity contribution < 1.29 is 52.2 Å². The molecule has 2 bridgehead atoms. The van der Waals surface area contributed by atoms with Gasteiger partial charge >= 0.3 is 17.9 Å². The van der Waals surface area contributed by atoms with Gasteiger partial charge in [-0.15, -0.1) is 6.58 Å². The molecule has 49 heavy (non-hydrogen) atoms. The van der Waals surface area contributed by atoms with E-state index in [2.05, 4.69) is 52.7 Å². The number of esters is 1. The van der Waals surface area contributed by atoms with Crippen molar-refractivity contribution >= 4 is 46.4 Å². The molecule has 5 aliphatic rings. The van der Waals surface area contributed by atoms with Crippen molar-refractivity contribution in [3.63, 3.8) is 0 Å². The molecule has 4 atom stereocenters. The molecular weight excluding hydrogens is 747 g/mol. The fraction of sp³-hybridized carbons (Fsp3) is 0.543. The van der Waals surface area contributed by atoms with E-state index in [1.807, 2.05) is 13.0 Å². The number of quaternary nitrogens is 2. The lowest BCUT2D eigenvalue weighted by Crippen LogP contribution is -2.75. The molecular formula is C35H47IN4O9+2. The largest absolute Gasteiger partial charge is 0.488 e. The SMILES string of the molecule is C=CCOOC(=O)C(C)C1C(=O)N2C(C(=O)OCC=C)=C(COc3ccc(CCC[N+]45CC[N+](CC(=O)ON)(CC4)CC5)cc3I)[C@H](C)C12. The smallest absolute Gasteiger partial charge is 0.380 e. The Morgan fingerprint density at radius 3 is 2.39 bits per heavy atom. The fourth-order valence-electron chi connectivity index (χ4n) is 7.83. The highest BCUT2D eigenvalue weighted by Gasteiger charge is 2.61. The average molecular weight is 795 g/mol. The lowest BCUT2D eigenvalue weighted by Gasteiger charge is -2.55. The summed E-state index contributed by atoms with van der Waals surface area (Å²) in [6, 6.07) is 5.73. The Morgan fingerprint density at radius 1 is 1.08 bits per heavy atom. The van der Waals surface area contributed by atoms with Crippen LogP contribution in [0.2, 0.25) is 0 Å². The van der Waals surface area contributed by atoms with Crippen LogP contribution in [0.1, 0.15) is 25.8 Å². The first kappa shape index (κ1) is 37.0. The molecule has 3 unspecified atom stereocenters. The van der Waals surface area contributed by atoms with Gasteiger partial charge in [0.15, 0.2) is 6.54 Å². The molecule has 0 saturated carbocycles. The molecule has 0 aliphatic carbocycles. The molecule has 4 fully saturated rings. The van der Waals surface area contributed by atoms with Gasteiger partial charge in [0.25, 0.3) is 0 Å². The first-order chi connectivity index (χ1) is 23.5. The molecule has 1 aromatic rings. The van der Waals surface area contributed by atoms with Crippen LogP contribution in [-0.4, -0.2) is 116 Å². The molecule has 2 N–H and O–H groups in total. The Morgan fingerprint density at radius 2 is 1.76 bits per heavy atom. The fourth-order valence-corrected chi connectivity index (χ4v) is 8.56. The van der Waals surface area contributed by atoms with E-state index < -0.39 is 29.8 Å². The summed E-state index contributed by atoms with van der Waals surface area (Å²) >= 11 is 2.27. The summed E-state index contributed by atoms with van der Waals surface area (Å²) in [6.07, 6.45) is 4.91. The number of hydrogen-bond acceptors (Lipinski definition) is 10. The minimum Gasteiger partial charge on any atom is -0.488 e. The van der Waals surface area contributed by atoms with Gasteiger partial charge in [0, 0.05) is 17.9 Å². The van der Waals surface area contributed by atoms with Gasteiger partial charge in [-0.25, -0.2) is 14.4 Å². The number of hydrogen-bond donors (Lipinski definition) is 1. The number of fused-ring (bicyclic) bond motifs is 4. The van der Waals surface area contributed by atoms with Crippen LogP contribution >= 0.6 is 22.6 Å². The summed E-state index contributed by atoms with van der Waals surface area (Å²) in [5.74, 6) is 2.04. The van der Waals surface area contributed by atoms with Gasteiger partial charge in [0.1, 0.15) is 70.5 Å². The third-order valence-electron chi connectivity index (χ3n) is 10.8. The molecule has 266 valence electrons. The summed E-state index contributed by atoms with van der Waals surface area (Å²) < 4.78 is 14.5. The zero-order valence-electron chi connectivity index (χ0n) is 28.3. The van der Waals surface area contributed by atoms with Crippen LogP contribution < -0.4 is 10.6 Å². The summed E-state index contributed by atoms with van der Waals surface area (Å²) in [4.78, 5) is 66.6. The predicted molar refractivity (Wildman–Crippen MR) is 186 cm³/mol. The summed E-state index contributed by atoms with van der Waals surface area (Å²) in [5.41, 5.74) is 2.02. The zero-order valence-corrected chi connectivity index (χ0v) is 30.4. The van der Waals surface area contributed by atoms with Gasteiger partial charge in [-0.2, -0.15) is 10.8 Å². The number of carbonyl (C=O) groups excluding carboxylic acids is 4. The van der Waals surface area contributed by atoms with Crippen molar-refractivity contribution in [2.45, 2.75) is 32.7 Å². The number of halogens is 1. The number of carbonyl (C=O) groups is 4. The van der Waals surface area contributed by atoms with E-state index in [9.17, 15) is 19.2 Å². The van der Waals surface area contributed by atoms with Crippen molar-refractivity contribution in [2.75, 3.05) is 72.2 Å². The van der Waals surface area contributed by atoms with Crippen molar-refractivity contribution in [3.8, 4) is 5.75 Å². The number of benzene rings is 1. The van der Waals surface area contributed by atoms with Gasteiger partial charge < -0.3 is 28.2 Å². The van der Waals surface area contributed by atoms with Gasteiger partial charge in [-0.3, -0.25) is 9.68 Å². The highest BCUT2D eigenvalue weighted by molar-refractivity contribution is 14.1. The number of amides is 1. The molecule has 5 aliphatic heterocycles. The summed E-state index contributed by atoms with van der Waals surface area (Å²) in [6.45, 7) is 18.4.